The van der Waals surface area contributed by atoms with E-state index in [1.54, 1.807) is 0 Å². The van der Waals surface area contributed by atoms with Crippen LogP contribution in [0, 0.1) is 0 Å². The van der Waals surface area contributed by atoms with Crippen LogP contribution in [0.15, 0.2) is 12.4 Å². The van der Waals surface area contributed by atoms with Crippen LogP contribution in [0.4, 0.5) is 5.82 Å². The Morgan fingerprint density at radius 3 is 2.56 bits per heavy atom. The Morgan fingerprint density at radius 1 is 1.44 bits per heavy atom. The molecule has 0 radical (unpaired) electrons. The van der Waals surface area contributed by atoms with Crippen LogP contribution >= 0.6 is 12.2 Å². The third-order valence-electron chi connectivity index (χ3n) is 2.13. The lowest BCUT2D eigenvalue weighted by atomic mass is 10.4. The zero-order valence-corrected chi connectivity index (χ0v) is 11.8. The highest BCUT2D eigenvalue weighted by Crippen LogP contribution is 2.01. The Morgan fingerprint density at radius 2 is 2.11 bits per heavy atom. The Balaban J connectivity index is 2.52. The number of hydrogen-bond acceptors (Lipinski definition) is 6. The molecule has 1 aromatic rings. The van der Waals surface area contributed by atoms with Gasteiger partial charge in [0.2, 0.25) is 10.0 Å². The van der Waals surface area contributed by atoms with Gasteiger partial charge in [-0.15, -0.1) is 0 Å². The maximum absolute atomic E-state index is 11.5. The van der Waals surface area contributed by atoms with E-state index in [1.807, 2.05) is 0 Å². The Hall–Kier alpha value is -1.32. The highest BCUT2D eigenvalue weighted by atomic mass is 32.2. The van der Waals surface area contributed by atoms with E-state index in [4.69, 9.17) is 18.0 Å². The van der Waals surface area contributed by atoms with Gasteiger partial charge in [-0.2, -0.15) is 0 Å². The summed E-state index contributed by atoms with van der Waals surface area (Å²) in [6.07, 6.45) is 2.89. The van der Waals surface area contributed by atoms with Crippen molar-refractivity contribution in [1.29, 1.82) is 0 Å². The number of sulfonamides is 1. The summed E-state index contributed by atoms with van der Waals surface area (Å²) < 4.78 is 24.1. The minimum absolute atomic E-state index is 0.0151. The molecule has 7 nitrogen and oxygen atoms in total. The van der Waals surface area contributed by atoms with E-state index < -0.39 is 10.0 Å². The van der Waals surface area contributed by atoms with Crippen LogP contribution < -0.4 is 11.1 Å². The van der Waals surface area contributed by atoms with Crippen LogP contribution in [0.2, 0.25) is 0 Å². The number of nitrogens with one attached hydrogen (secondary N) is 1. The zero-order chi connectivity index (χ0) is 13.8. The van der Waals surface area contributed by atoms with Crippen LogP contribution in [-0.2, 0) is 10.0 Å². The average molecular weight is 289 g/mol. The molecule has 0 unspecified atom stereocenters. The Kier molecular flexibility index (Phi) is 4.93. The highest BCUT2D eigenvalue weighted by Gasteiger charge is 2.12. The lowest BCUT2D eigenvalue weighted by molar-refractivity contribution is 0.521. The summed E-state index contributed by atoms with van der Waals surface area (Å²) in [6.45, 7) is 0.252. The molecule has 1 aromatic heterocycles. The second kappa shape index (κ2) is 6.03. The van der Waals surface area contributed by atoms with E-state index in [2.05, 4.69) is 15.3 Å². The summed E-state index contributed by atoms with van der Waals surface area (Å²) in [5.74, 6) is 0.461. The summed E-state index contributed by atoms with van der Waals surface area (Å²) in [7, 11) is -0.224. The summed E-state index contributed by atoms with van der Waals surface area (Å²) in [5.41, 5.74) is 5.81. The minimum atomic E-state index is -3.21. The van der Waals surface area contributed by atoms with Crippen molar-refractivity contribution in [3.8, 4) is 0 Å². The van der Waals surface area contributed by atoms with Gasteiger partial charge in [-0.25, -0.2) is 22.7 Å². The van der Waals surface area contributed by atoms with Crippen LogP contribution in [0.5, 0.6) is 0 Å². The van der Waals surface area contributed by atoms with Crippen molar-refractivity contribution in [1.82, 2.24) is 14.3 Å². The van der Waals surface area contributed by atoms with Gasteiger partial charge in [-0.1, -0.05) is 12.2 Å². The monoisotopic (exact) mass is 289 g/mol. The number of hydrogen-bond donors (Lipinski definition) is 2. The van der Waals surface area contributed by atoms with Gasteiger partial charge >= 0.3 is 0 Å². The molecule has 0 aliphatic carbocycles. The first-order chi connectivity index (χ1) is 8.33. The molecule has 9 heteroatoms. The highest BCUT2D eigenvalue weighted by molar-refractivity contribution is 7.89. The Labute approximate surface area is 111 Å². The maximum atomic E-state index is 11.5. The first-order valence-electron chi connectivity index (χ1n) is 5.09. The van der Waals surface area contributed by atoms with Crippen LogP contribution in [0.25, 0.3) is 0 Å². The smallest absolute Gasteiger partial charge is 0.215 e. The van der Waals surface area contributed by atoms with Crippen molar-refractivity contribution in [3.63, 3.8) is 0 Å². The molecule has 0 aliphatic rings. The van der Waals surface area contributed by atoms with Gasteiger partial charge in [0.05, 0.1) is 18.1 Å². The number of nitrogens with zero attached hydrogens (tertiary/aromatic N) is 3. The molecule has 0 spiro atoms. The SMILES string of the molecule is CN(C)S(=O)(=O)CCNc1cnc(C(N)=S)cn1. The van der Waals surface area contributed by atoms with Crippen molar-refractivity contribution in [2.24, 2.45) is 5.73 Å². The van der Waals surface area contributed by atoms with Gasteiger partial charge in [0.25, 0.3) is 0 Å². The van der Waals surface area contributed by atoms with Gasteiger partial charge in [0, 0.05) is 20.6 Å². The molecule has 0 saturated carbocycles. The van der Waals surface area contributed by atoms with E-state index in [1.165, 1.54) is 30.8 Å². The first-order valence-corrected chi connectivity index (χ1v) is 7.10. The number of rotatable bonds is 6. The molecule has 0 aromatic carbocycles. The van der Waals surface area contributed by atoms with Crippen LogP contribution in [0.1, 0.15) is 5.69 Å². The zero-order valence-electron chi connectivity index (χ0n) is 10.1. The number of aromatic nitrogens is 2. The molecule has 0 saturated heterocycles. The van der Waals surface area contributed by atoms with Gasteiger partial charge in [-0.3, -0.25) is 0 Å². The third-order valence-corrected chi connectivity index (χ3v) is 4.17. The van der Waals surface area contributed by atoms with Gasteiger partial charge < -0.3 is 11.1 Å². The molecule has 0 aliphatic heterocycles. The molecule has 0 bridgehead atoms. The number of thiocarbonyl (C=S) groups is 1. The summed E-state index contributed by atoms with van der Waals surface area (Å²) in [5, 5.41) is 2.86. The van der Waals surface area contributed by atoms with E-state index in [-0.39, 0.29) is 17.3 Å². The summed E-state index contributed by atoms with van der Waals surface area (Å²) in [4.78, 5) is 8.16. The van der Waals surface area contributed by atoms with Gasteiger partial charge in [-0.05, 0) is 0 Å². The lowest BCUT2D eigenvalue weighted by Crippen LogP contribution is -2.28. The molecule has 0 atom stereocenters. The van der Waals surface area contributed by atoms with E-state index in [0.717, 1.165) is 0 Å². The predicted octanol–water partition coefficient (Wildman–Crippen LogP) is -0.586. The lowest BCUT2D eigenvalue weighted by Gasteiger charge is -2.11. The molecular weight excluding hydrogens is 274 g/mol. The second-order valence-electron chi connectivity index (χ2n) is 3.68. The third kappa shape index (κ3) is 4.17. The fourth-order valence-electron chi connectivity index (χ4n) is 1.04. The topological polar surface area (TPSA) is 101 Å². The molecule has 1 heterocycles. The molecule has 0 fully saturated rings. The van der Waals surface area contributed by atoms with Gasteiger partial charge in [0.1, 0.15) is 16.5 Å². The molecular formula is C9H15N5O2S2. The maximum Gasteiger partial charge on any atom is 0.215 e. The average Bonchev–Trinajstić information content (AvgIpc) is 2.29. The molecule has 1 rings (SSSR count). The van der Waals surface area contributed by atoms with Crippen molar-refractivity contribution in [2.45, 2.75) is 0 Å². The fourth-order valence-corrected chi connectivity index (χ4v) is 1.87. The largest absolute Gasteiger partial charge is 0.388 e. The molecule has 0 amide bonds. The fraction of sp³-hybridized carbons (Fsp3) is 0.444. The second-order valence-corrected chi connectivity index (χ2v) is 6.42. The predicted molar refractivity (Wildman–Crippen MR) is 73.9 cm³/mol. The van der Waals surface area contributed by atoms with Crippen molar-refractivity contribution < 1.29 is 8.42 Å². The summed E-state index contributed by atoms with van der Waals surface area (Å²) >= 11 is 4.74. The van der Waals surface area contributed by atoms with E-state index >= 15 is 0 Å². The van der Waals surface area contributed by atoms with E-state index in [0.29, 0.717) is 11.5 Å². The number of nitrogens with two attached hydrogens (primary N) is 1. The Bertz CT molecular complexity index is 512. The normalized spacial score (nSPS) is 11.5. The summed E-state index contributed by atoms with van der Waals surface area (Å²) in [6, 6.07) is 0. The standard InChI is InChI=1S/C9H15N5O2S2/c1-14(2)18(15,16)4-3-11-8-6-12-7(5-13-8)9(10)17/h5-6H,3-4H2,1-2H3,(H2,10,17)(H,11,13). The van der Waals surface area contributed by atoms with Crippen molar-refractivity contribution in [2.75, 3.05) is 31.7 Å². The molecule has 100 valence electrons. The minimum Gasteiger partial charge on any atom is -0.388 e. The number of anilines is 1. The van der Waals surface area contributed by atoms with Crippen LogP contribution in [-0.4, -0.2) is 54.1 Å². The quantitative estimate of drug-likeness (QED) is 0.675. The van der Waals surface area contributed by atoms with Gasteiger partial charge in [0.15, 0.2) is 0 Å². The molecule has 18 heavy (non-hydrogen) atoms. The van der Waals surface area contributed by atoms with E-state index in [9.17, 15) is 8.42 Å². The van der Waals surface area contributed by atoms with Crippen molar-refractivity contribution >= 4 is 33.0 Å². The van der Waals surface area contributed by atoms with Crippen molar-refractivity contribution in [3.05, 3.63) is 18.1 Å². The first kappa shape index (κ1) is 14.7. The molecule has 3 N–H and O–H groups in total. The van der Waals surface area contributed by atoms with Crippen LogP contribution in [0.3, 0.4) is 0 Å².